The summed E-state index contributed by atoms with van der Waals surface area (Å²) in [6.07, 6.45) is 5.68. The highest BCUT2D eigenvalue weighted by Gasteiger charge is 2.15. The lowest BCUT2D eigenvalue weighted by atomic mass is 10.1. The van der Waals surface area contributed by atoms with Gasteiger partial charge in [-0.05, 0) is 60.0 Å². The van der Waals surface area contributed by atoms with Crippen molar-refractivity contribution in [2.45, 2.75) is 0 Å². The van der Waals surface area contributed by atoms with E-state index in [2.05, 4.69) is 91.7 Å². The number of fused-ring (bicyclic) bond motifs is 9. The summed E-state index contributed by atoms with van der Waals surface area (Å²) in [5, 5.41) is 5.76. The van der Waals surface area contributed by atoms with Gasteiger partial charge in [0.1, 0.15) is 23.0 Å². The number of aromatic nitrogens is 4. The Labute approximate surface area is 211 Å². The topological polar surface area (TPSA) is 44.4 Å². The minimum atomic E-state index is 0.770. The number of nitrogens with zero attached hydrogens (tertiary/aromatic N) is 4. The molecule has 174 valence electrons. The first-order valence-electron chi connectivity index (χ1n) is 12.3. The molecule has 0 amide bonds. The zero-order valence-electron chi connectivity index (χ0n) is 19.7. The molecular formula is C32H20N4O. The molecule has 37 heavy (non-hydrogen) atoms. The highest BCUT2D eigenvalue weighted by Crippen LogP contribution is 2.36. The maximum Gasteiger partial charge on any atom is 0.145 e. The highest BCUT2D eigenvalue weighted by molar-refractivity contribution is 6.12. The lowest BCUT2D eigenvalue weighted by Gasteiger charge is -2.11. The Morgan fingerprint density at radius 1 is 0.514 bits per heavy atom. The Morgan fingerprint density at radius 2 is 1.22 bits per heavy atom. The van der Waals surface area contributed by atoms with Gasteiger partial charge in [0.2, 0.25) is 0 Å². The van der Waals surface area contributed by atoms with Crippen LogP contribution in [-0.4, -0.2) is 18.9 Å². The first kappa shape index (κ1) is 20.1. The zero-order chi connectivity index (χ0) is 24.3. The predicted octanol–water partition coefficient (Wildman–Crippen LogP) is 7.93. The molecule has 4 heterocycles. The van der Waals surface area contributed by atoms with Crippen molar-refractivity contribution >= 4 is 49.1 Å². The van der Waals surface area contributed by atoms with E-state index in [-0.39, 0.29) is 0 Å². The lowest BCUT2D eigenvalue weighted by Crippen LogP contribution is -1.96. The summed E-state index contributed by atoms with van der Waals surface area (Å²) >= 11 is 0. The zero-order valence-corrected chi connectivity index (χ0v) is 19.7. The van der Waals surface area contributed by atoms with Crippen molar-refractivity contribution in [2.75, 3.05) is 0 Å². The van der Waals surface area contributed by atoms with Gasteiger partial charge in [-0.15, -0.1) is 0 Å². The van der Waals surface area contributed by atoms with Crippen LogP contribution in [0.5, 0.6) is 11.5 Å². The minimum absolute atomic E-state index is 0.770. The number of hydrogen-bond donors (Lipinski definition) is 0. The van der Waals surface area contributed by atoms with Crippen LogP contribution in [0.25, 0.3) is 54.9 Å². The van der Waals surface area contributed by atoms with E-state index in [1.54, 1.807) is 0 Å². The normalized spacial score (nSPS) is 11.8. The van der Waals surface area contributed by atoms with E-state index in [0.717, 1.165) is 55.7 Å². The highest BCUT2D eigenvalue weighted by atomic mass is 16.5. The molecular weight excluding hydrogens is 456 g/mol. The van der Waals surface area contributed by atoms with Crippen molar-refractivity contribution in [3.63, 3.8) is 0 Å². The first-order valence-corrected chi connectivity index (χ1v) is 12.3. The van der Waals surface area contributed by atoms with Gasteiger partial charge in [-0.1, -0.05) is 42.5 Å². The Morgan fingerprint density at radius 3 is 2.05 bits per heavy atom. The number of ether oxygens (including phenoxy) is 1. The van der Waals surface area contributed by atoms with Crippen LogP contribution < -0.4 is 4.74 Å². The average Bonchev–Trinajstić information content (AvgIpc) is 3.57. The van der Waals surface area contributed by atoms with Crippen LogP contribution in [0.2, 0.25) is 0 Å². The quantitative estimate of drug-likeness (QED) is 0.243. The molecule has 5 nitrogen and oxygen atoms in total. The third-order valence-corrected chi connectivity index (χ3v) is 7.09. The molecule has 0 unspecified atom stereocenters. The molecule has 8 aromatic rings. The molecule has 4 aromatic heterocycles. The van der Waals surface area contributed by atoms with Crippen LogP contribution in [-0.2, 0) is 0 Å². The third kappa shape index (κ3) is 2.98. The van der Waals surface area contributed by atoms with Gasteiger partial charge < -0.3 is 4.74 Å². The molecule has 0 saturated heterocycles. The van der Waals surface area contributed by atoms with E-state index >= 15 is 0 Å². The molecule has 0 atom stereocenters. The van der Waals surface area contributed by atoms with Crippen LogP contribution in [0.3, 0.4) is 0 Å². The van der Waals surface area contributed by atoms with E-state index in [9.17, 15) is 0 Å². The second kappa shape index (κ2) is 7.67. The Hall–Kier alpha value is -5.16. The van der Waals surface area contributed by atoms with E-state index in [0.29, 0.717) is 0 Å². The van der Waals surface area contributed by atoms with Crippen molar-refractivity contribution in [1.82, 2.24) is 18.9 Å². The maximum absolute atomic E-state index is 6.45. The number of benzene rings is 4. The fourth-order valence-corrected chi connectivity index (χ4v) is 5.50. The summed E-state index contributed by atoms with van der Waals surface area (Å²) in [6.45, 7) is 0. The van der Waals surface area contributed by atoms with Gasteiger partial charge in [-0.25, -0.2) is 9.97 Å². The van der Waals surface area contributed by atoms with Gasteiger partial charge in [0.05, 0.1) is 16.6 Å². The standard InChI is InChI=1S/C32H20N4O/c1-3-9-28-24(7-1)23-14-12-21(19-27(23)32-34-17-18-35(28)32)37-22-13-15-26-25-8-2-4-10-29(25)36(30(26)20-22)31-11-5-6-16-33-31/h1-20H. The van der Waals surface area contributed by atoms with Crippen LogP contribution in [0, 0.1) is 0 Å². The molecule has 4 aromatic carbocycles. The van der Waals surface area contributed by atoms with Crippen molar-refractivity contribution in [1.29, 1.82) is 0 Å². The van der Waals surface area contributed by atoms with Crippen molar-refractivity contribution < 1.29 is 4.74 Å². The fraction of sp³-hybridized carbons (Fsp3) is 0. The van der Waals surface area contributed by atoms with Gasteiger partial charge >= 0.3 is 0 Å². The lowest BCUT2D eigenvalue weighted by molar-refractivity contribution is 0.484. The van der Waals surface area contributed by atoms with Gasteiger partial charge in [0, 0.05) is 46.2 Å². The van der Waals surface area contributed by atoms with Gasteiger partial charge in [-0.2, -0.15) is 0 Å². The molecule has 0 aliphatic rings. The summed E-state index contributed by atoms with van der Waals surface area (Å²) in [5.74, 6) is 2.42. The molecule has 0 aliphatic heterocycles. The number of hydrogen-bond acceptors (Lipinski definition) is 3. The minimum Gasteiger partial charge on any atom is -0.457 e. The van der Waals surface area contributed by atoms with E-state index in [1.807, 2.05) is 48.9 Å². The molecule has 0 fully saturated rings. The van der Waals surface area contributed by atoms with E-state index < -0.39 is 0 Å². The van der Waals surface area contributed by atoms with E-state index in [1.165, 1.54) is 10.8 Å². The largest absolute Gasteiger partial charge is 0.457 e. The second-order valence-corrected chi connectivity index (χ2v) is 9.17. The van der Waals surface area contributed by atoms with Crippen molar-refractivity contribution in [3.8, 4) is 17.3 Å². The fourth-order valence-electron chi connectivity index (χ4n) is 5.50. The molecule has 5 heteroatoms. The van der Waals surface area contributed by atoms with E-state index in [4.69, 9.17) is 4.74 Å². The molecule has 0 N–H and O–H groups in total. The Balaban J connectivity index is 1.30. The number of pyridine rings is 2. The summed E-state index contributed by atoms with van der Waals surface area (Å²) in [5.41, 5.74) is 4.24. The number of rotatable bonds is 3. The van der Waals surface area contributed by atoms with Gasteiger partial charge in [0.25, 0.3) is 0 Å². The van der Waals surface area contributed by atoms with Crippen LogP contribution in [0.4, 0.5) is 0 Å². The van der Waals surface area contributed by atoms with Gasteiger partial charge in [0.15, 0.2) is 0 Å². The average molecular weight is 477 g/mol. The van der Waals surface area contributed by atoms with Crippen LogP contribution in [0.15, 0.2) is 122 Å². The maximum atomic E-state index is 6.45. The third-order valence-electron chi connectivity index (χ3n) is 7.09. The number of imidazole rings is 1. The molecule has 0 saturated carbocycles. The summed E-state index contributed by atoms with van der Waals surface area (Å²) in [4.78, 5) is 9.28. The molecule has 0 aliphatic carbocycles. The summed E-state index contributed by atoms with van der Waals surface area (Å²) < 4.78 is 10.8. The first-order chi connectivity index (χ1) is 18.3. The van der Waals surface area contributed by atoms with Crippen molar-refractivity contribution in [3.05, 3.63) is 122 Å². The summed E-state index contributed by atoms with van der Waals surface area (Å²) in [7, 11) is 0. The molecule has 8 rings (SSSR count). The Kier molecular flexibility index (Phi) is 4.16. The molecule has 0 bridgehead atoms. The molecule has 0 radical (unpaired) electrons. The van der Waals surface area contributed by atoms with Crippen LogP contribution in [0.1, 0.15) is 0 Å². The molecule has 0 spiro atoms. The van der Waals surface area contributed by atoms with Crippen molar-refractivity contribution in [2.24, 2.45) is 0 Å². The smallest absolute Gasteiger partial charge is 0.145 e. The Bertz CT molecular complexity index is 2120. The monoisotopic (exact) mass is 476 g/mol. The number of para-hydroxylation sites is 2. The predicted molar refractivity (Wildman–Crippen MR) is 149 cm³/mol. The second-order valence-electron chi connectivity index (χ2n) is 9.17. The summed E-state index contributed by atoms with van der Waals surface area (Å²) in [6, 6.07) is 35.3. The van der Waals surface area contributed by atoms with Crippen LogP contribution >= 0.6 is 0 Å². The SMILES string of the molecule is c1ccc(-n2c3ccccc3c3ccc(Oc4ccc5c6ccccc6n6ccnc6c5c4)cc32)nc1. The van der Waals surface area contributed by atoms with Gasteiger partial charge in [-0.3, -0.25) is 8.97 Å².